The van der Waals surface area contributed by atoms with Crippen LogP contribution in [-0.2, 0) is 16.1 Å². The van der Waals surface area contributed by atoms with Crippen LogP contribution in [0.15, 0.2) is 5.51 Å². The zero-order chi connectivity index (χ0) is 13.0. The average Bonchev–Trinajstić information content (AvgIpc) is 2.77. The lowest BCUT2D eigenvalue weighted by Gasteiger charge is -2.34. The second kappa shape index (κ2) is 6.29. The van der Waals surface area contributed by atoms with Gasteiger partial charge in [0, 0.05) is 17.5 Å². The Balaban J connectivity index is 1.99. The van der Waals surface area contributed by atoms with Gasteiger partial charge < -0.3 is 4.74 Å². The van der Waals surface area contributed by atoms with Crippen LogP contribution in [0, 0.1) is 6.92 Å². The van der Waals surface area contributed by atoms with E-state index in [9.17, 15) is 4.79 Å². The van der Waals surface area contributed by atoms with Crippen molar-refractivity contribution in [2.75, 3.05) is 13.7 Å². The molecule has 0 unspecified atom stereocenters. The van der Waals surface area contributed by atoms with Crippen LogP contribution in [0.2, 0.25) is 0 Å². The van der Waals surface area contributed by atoms with Crippen molar-refractivity contribution in [3.8, 4) is 0 Å². The summed E-state index contributed by atoms with van der Waals surface area (Å²) in [4.78, 5) is 19.4. The first-order valence-corrected chi connectivity index (χ1v) is 7.28. The molecule has 0 aromatic carbocycles. The first kappa shape index (κ1) is 13.5. The van der Waals surface area contributed by atoms with Crippen molar-refractivity contribution in [1.29, 1.82) is 0 Å². The summed E-state index contributed by atoms with van der Waals surface area (Å²) in [5, 5.41) is 0. The van der Waals surface area contributed by atoms with Crippen LogP contribution in [0.4, 0.5) is 0 Å². The minimum absolute atomic E-state index is 0.104. The summed E-state index contributed by atoms with van der Waals surface area (Å²) >= 11 is 1.70. The van der Waals surface area contributed by atoms with E-state index in [4.69, 9.17) is 4.74 Å². The van der Waals surface area contributed by atoms with Crippen LogP contribution in [0.1, 0.15) is 36.3 Å². The highest BCUT2D eigenvalue weighted by Gasteiger charge is 2.25. The van der Waals surface area contributed by atoms with Gasteiger partial charge in [0.05, 0.1) is 24.7 Å². The molecule has 5 heteroatoms. The maximum Gasteiger partial charge on any atom is 0.307 e. The standard InChI is InChI=1S/C13H20N2O2S/c1-10-12(18-9-14-10)8-15-6-4-3-5-11(15)7-13(16)17-2/h9,11H,3-8H2,1-2H3/t11-/m0/s1. The first-order chi connectivity index (χ1) is 8.70. The van der Waals surface area contributed by atoms with Gasteiger partial charge in [0.2, 0.25) is 0 Å². The highest BCUT2D eigenvalue weighted by atomic mass is 32.1. The van der Waals surface area contributed by atoms with E-state index >= 15 is 0 Å². The van der Waals surface area contributed by atoms with Crippen molar-refractivity contribution < 1.29 is 9.53 Å². The largest absolute Gasteiger partial charge is 0.469 e. The fraction of sp³-hybridized carbons (Fsp3) is 0.692. The lowest BCUT2D eigenvalue weighted by Crippen LogP contribution is -2.40. The van der Waals surface area contributed by atoms with E-state index < -0.39 is 0 Å². The molecule has 0 bridgehead atoms. The molecule has 2 heterocycles. The summed E-state index contributed by atoms with van der Waals surface area (Å²) in [5.41, 5.74) is 3.01. The molecule has 100 valence electrons. The van der Waals surface area contributed by atoms with E-state index in [1.54, 1.807) is 11.3 Å². The van der Waals surface area contributed by atoms with E-state index in [2.05, 4.69) is 9.88 Å². The first-order valence-electron chi connectivity index (χ1n) is 6.40. The van der Waals surface area contributed by atoms with Crippen LogP contribution >= 0.6 is 11.3 Å². The molecule has 0 aliphatic carbocycles. The van der Waals surface area contributed by atoms with Gasteiger partial charge in [0.1, 0.15) is 0 Å². The van der Waals surface area contributed by atoms with E-state index in [1.807, 2.05) is 12.4 Å². The van der Waals surface area contributed by atoms with Gasteiger partial charge in [0.25, 0.3) is 0 Å². The van der Waals surface area contributed by atoms with Gasteiger partial charge in [0.15, 0.2) is 0 Å². The molecule has 1 aromatic rings. The number of piperidine rings is 1. The van der Waals surface area contributed by atoms with Crippen molar-refractivity contribution in [3.63, 3.8) is 0 Å². The number of carbonyl (C=O) groups excluding carboxylic acids is 1. The minimum atomic E-state index is -0.104. The fourth-order valence-electron chi connectivity index (χ4n) is 2.44. The summed E-state index contributed by atoms with van der Waals surface area (Å²) < 4.78 is 4.78. The fourth-order valence-corrected chi connectivity index (χ4v) is 3.24. The van der Waals surface area contributed by atoms with Crippen LogP contribution in [0.5, 0.6) is 0 Å². The number of likely N-dealkylation sites (tertiary alicyclic amines) is 1. The van der Waals surface area contributed by atoms with E-state index in [1.165, 1.54) is 24.8 Å². The van der Waals surface area contributed by atoms with Crippen LogP contribution in [0.25, 0.3) is 0 Å². The number of aromatic nitrogens is 1. The molecule has 1 aliphatic rings. The third-order valence-electron chi connectivity index (χ3n) is 3.57. The molecular weight excluding hydrogens is 248 g/mol. The third kappa shape index (κ3) is 3.29. The number of rotatable bonds is 4. The molecule has 0 amide bonds. The minimum Gasteiger partial charge on any atom is -0.469 e. The summed E-state index contributed by atoms with van der Waals surface area (Å²) in [7, 11) is 1.46. The number of methoxy groups -OCH3 is 1. The molecule has 2 rings (SSSR count). The van der Waals surface area contributed by atoms with Gasteiger partial charge in [-0.2, -0.15) is 0 Å². The Morgan fingerprint density at radius 2 is 2.44 bits per heavy atom. The predicted molar refractivity (Wildman–Crippen MR) is 71.5 cm³/mol. The number of carbonyl (C=O) groups is 1. The second-order valence-corrected chi connectivity index (χ2v) is 5.70. The molecule has 1 atom stereocenters. The Hall–Kier alpha value is -0.940. The summed E-state index contributed by atoms with van der Waals surface area (Å²) in [6.07, 6.45) is 4.02. The van der Waals surface area contributed by atoms with Gasteiger partial charge in [-0.3, -0.25) is 9.69 Å². The van der Waals surface area contributed by atoms with Gasteiger partial charge in [-0.05, 0) is 26.3 Å². The molecule has 0 spiro atoms. The number of thiazole rings is 1. The number of hydrogen-bond acceptors (Lipinski definition) is 5. The number of esters is 1. The van der Waals surface area contributed by atoms with Crippen molar-refractivity contribution in [2.45, 2.75) is 45.2 Å². The Labute approximate surface area is 112 Å². The van der Waals surface area contributed by atoms with Crippen LogP contribution < -0.4 is 0 Å². The molecule has 0 radical (unpaired) electrons. The maximum absolute atomic E-state index is 11.4. The van der Waals surface area contributed by atoms with Gasteiger partial charge >= 0.3 is 5.97 Å². The Morgan fingerprint density at radius 1 is 1.61 bits per heavy atom. The SMILES string of the molecule is COC(=O)C[C@@H]1CCCCN1Cc1scnc1C. The molecule has 18 heavy (non-hydrogen) atoms. The highest BCUT2D eigenvalue weighted by molar-refractivity contribution is 7.09. The number of nitrogens with zero attached hydrogens (tertiary/aromatic N) is 2. The molecule has 1 aliphatic heterocycles. The second-order valence-electron chi connectivity index (χ2n) is 4.76. The van der Waals surface area contributed by atoms with Gasteiger partial charge in [-0.1, -0.05) is 6.42 Å². The molecule has 1 aromatic heterocycles. The summed E-state index contributed by atoms with van der Waals surface area (Å²) in [6.45, 7) is 4.03. The van der Waals surface area contributed by atoms with Crippen molar-refractivity contribution in [3.05, 3.63) is 16.1 Å². The van der Waals surface area contributed by atoms with E-state index in [0.717, 1.165) is 25.2 Å². The van der Waals surface area contributed by atoms with E-state index in [0.29, 0.717) is 12.5 Å². The summed E-state index contributed by atoms with van der Waals surface area (Å²) in [5.74, 6) is -0.104. The van der Waals surface area contributed by atoms with Gasteiger partial charge in [-0.25, -0.2) is 4.98 Å². The van der Waals surface area contributed by atoms with Crippen LogP contribution in [0.3, 0.4) is 0 Å². The third-order valence-corrected chi connectivity index (χ3v) is 4.49. The Morgan fingerprint density at radius 3 is 3.11 bits per heavy atom. The zero-order valence-electron chi connectivity index (χ0n) is 11.0. The van der Waals surface area contributed by atoms with Crippen molar-refractivity contribution in [2.24, 2.45) is 0 Å². The number of aryl methyl sites for hydroxylation is 1. The normalized spacial score (nSPS) is 20.9. The molecule has 0 saturated carbocycles. The number of hydrogen-bond donors (Lipinski definition) is 0. The van der Waals surface area contributed by atoms with Crippen molar-refractivity contribution in [1.82, 2.24) is 9.88 Å². The molecule has 1 saturated heterocycles. The molecule has 0 N–H and O–H groups in total. The maximum atomic E-state index is 11.4. The summed E-state index contributed by atoms with van der Waals surface area (Å²) in [6, 6.07) is 0.327. The van der Waals surface area contributed by atoms with E-state index in [-0.39, 0.29) is 5.97 Å². The molecule has 4 nitrogen and oxygen atoms in total. The smallest absolute Gasteiger partial charge is 0.307 e. The van der Waals surface area contributed by atoms with Crippen LogP contribution in [-0.4, -0.2) is 35.5 Å². The lowest BCUT2D eigenvalue weighted by molar-refractivity contribution is -0.142. The van der Waals surface area contributed by atoms with Gasteiger partial charge in [-0.15, -0.1) is 11.3 Å². The monoisotopic (exact) mass is 268 g/mol. The predicted octanol–water partition coefficient (Wildman–Crippen LogP) is 2.37. The Kier molecular flexibility index (Phi) is 4.72. The highest BCUT2D eigenvalue weighted by Crippen LogP contribution is 2.24. The zero-order valence-corrected chi connectivity index (χ0v) is 11.8. The molecular formula is C13H20N2O2S. The lowest BCUT2D eigenvalue weighted by atomic mass is 9.99. The quantitative estimate of drug-likeness (QED) is 0.786. The van der Waals surface area contributed by atoms with Crippen molar-refractivity contribution >= 4 is 17.3 Å². The number of ether oxygens (including phenoxy) is 1. The average molecular weight is 268 g/mol. The Bertz CT molecular complexity index is 405. The molecule has 1 fully saturated rings. The topological polar surface area (TPSA) is 42.4 Å².